The van der Waals surface area contributed by atoms with Gasteiger partial charge >= 0.3 is 5.97 Å². The van der Waals surface area contributed by atoms with Gasteiger partial charge in [0.2, 0.25) is 0 Å². The number of carboxylic acids is 1. The molecule has 0 spiro atoms. The summed E-state index contributed by atoms with van der Waals surface area (Å²) in [6, 6.07) is 4.00. The van der Waals surface area contributed by atoms with Crippen molar-refractivity contribution in [2.75, 3.05) is 0 Å². The van der Waals surface area contributed by atoms with Crippen LogP contribution in [0.4, 0.5) is 4.39 Å². The Morgan fingerprint density at radius 3 is 2.62 bits per heavy atom. The SMILES string of the molecule is CCC(C(=O)O)C(O)c1cc(F)ccc1C. The van der Waals surface area contributed by atoms with E-state index in [4.69, 9.17) is 5.11 Å². The van der Waals surface area contributed by atoms with Gasteiger partial charge < -0.3 is 10.2 Å². The maximum Gasteiger partial charge on any atom is 0.309 e. The summed E-state index contributed by atoms with van der Waals surface area (Å²) >= 11 is 0. The molecular formula is C12H15FO3. The average Bonchev–Trinajstić information content (AvgIpc) is 2.22. The molecule has 0 bridgehead atoms. The Balaban J connectivity index is 3.07. The average molecular weight is 226 g/mol. The van der Waals surface area contributed by atoms with Gasteiger partial charge in [0.25, 0.3) is 0 Å². The first-order chi connectivity index (χ1) is 7.47. The highest BCUT2D eigenvalue weighted by atomic mass is 19.1. The lowest BCUT2D eigenvalue weighted by molar-refractivity contribution is -0.146. The van der Waals surface area contributed by atoms with E-state index in [1.54, 1.807) is 13.8 Å². The van der Waals surface area contributed by atoms with Crippen molar-refractivity contribution in [1.29, 1.82) is 0 Å². The van der Waals surface area contributed by atoms with Crippen molar-refractivity contribution in [3.8, 4) is 0 Å². The van der Waals surface area contributed by atoms with Gasteiger partial charge in [-0.15, -0.1) is 0 Å². The van der Waals surface area contributed by atoms with E-state index in [1.807, 2.05) is 0 Å². The van der Waals surface area contributed by atoms with E-state index in [1.165, 1.54) is 18.2 Å². The molecule has 0 aliphatic rings. The summed E-state index contributed by atoms with van der Waals surface area (Å²) in [6.45, 7) is 3.39. The summed E-state index contributed by atoms with van der Waals surface area (Å²) in [6.07, 6.45) is -0.870. The Morgan fingerprint density at radius 2 is 2.12 bits per heavy atom. The number of aryl methyl sites for hydroxylation is 1. The van der Waals surface area contributed by atoms with Gasteiger partial charge in [-0.1, -0.05) is 13.0 Å². The first kappa shape index (κ1) is 12.6. The second-order valence-electron chi connectivity index (χ2n) is 3.80. The van der Waals surface area contributed by atoms with Crippen LogP contribution in [0.15, 0.2) is 18.2 Å². The molecule has 4 heteroatoms. The molecule has 1 aromatic carbocycles. The number of aliphatic hydroxyl groups is 1. The van der Waals surface area contributed by atoms with E-state index in [0.29, 0.717) is 17.5 Å². The quantitative estimate of drug-likeness (QED) is 0.828. The molecule has 0 heterocycles. The molecule has 0 saturated heterocycles. The summed E-state index contributed by atoms with van der Waals surface area (Å²) in [5.41, 5.74) is 1.03. The number of hydrogen-bond donors (Lipinski definition) is 2. The Labute approximate surface area is 93.5 Å². The third-order valence-electron chi connectivity index (χ3n) is 2.70. The monoisotopic (exact) mass is 226 g/mol. The van der Waals surface area contributed by atoms with Crippen molar-refractivity contribution in [2.45, 2.75) is 26.4 Å². The topological polar surface area (TPSA) is 57.5 Å². The van der Waals surface area contributed by atoms with Crippen molar-refractivity contribution in [3.63, 3.8) is 0 Å². The largest absolute Gasteiger partial charge is 0.481 e. The molecule has 2 unspecified atom stereocenters. The minimum Gasteiger partial charge on any atom is -0.481 e. The molecule has 2 N–H and O–H groups in total. The number of rotatable bonds is 4. The van der Waals surface area contributed by atoms with E-state index in [9.17, 15) is 14.3 Å². The summed E-state index contributed by atoms with van der Waals surface area (Å²) in [4.78, 5) is 10.9. The molecule has 2 atom stereocenters. The van der Waals surface area contributed by atoms with Crippen molar-refractivity contribution in [2.24, 2.45) is 5.92 Å². The van der Waals surface area contributed by atoms with Gasteiger partial charge in [-0.3, -0.25) is 4.79 Å². The van der Waals surface area contributed by atoms with E-state index >= 15 is 0 Å². The van der Waals surface area contributed by atoms with E-state index in [-0.39, 0.29) is 0 Å². The van der Waals surface area contributed by atoms with Gasteiger partial charge in [-0.25, -0.2) is 4.39 Å². The highest BCUT2D eigenvalue weighted by Gasteiger charge is 2.27. The number of aliphatic carboxylic acids is 1. The van der Waals surface area contributed by atoms with Crippen LogP contribution in [0.5, 0.6) is 0 Å². The molecule has 0 fully saturated rings. The van der Waals surface area contributed by atoms with Gasteiger partial charge in [-0.2, -0.15) is 0 Å². The molecule has 1 aromatic rings. The van der Waals surface area contributed by atoms with Crippen LogP contribution in [0.3, 0.4) is 0 Å². The van der Waals surface area contributed by atoms with Crippen LogP contribution < -0.4 is 0 Å². The Bertz CT molecular complexity index is 390. The molecule has 0 aliphatic heterocycles. The lowest BCUT2D eigenvalue weighted by Gasteiger charge is -2.19. The van der Waals surface area contributed by atoms with Gasteiger partial charge in [0.1, 0.15) is 5.82 Å². The minimum atomic E-state index is -1.17. The number of hydrogen-bond acceptors (Lipinski definition) is 2. The fourth-order valence-electron chi connectivity index (χ4n) is 1.68. The maximum atomic E-state index is 13.0. The fraction of sp³-hybridized carbons (Fsp3) is 0.417. The zero-order valence-corrected chi connectivity index (χ0v) is 9.27. The predicted molar refractivity (Wildman–Crippen MR) is 57.5 cm³/mol. The first-order valence-electron chi connectivity index (χ1n) is 5.14. The summed E-state index contributed by atoms with van der Waals surface area (Å²) in [5.74, 6) is -2.45. The molecule has 88 valence electrons. The van der Waals surface area contributed by atoms with Crippen molar-refractivity contribution in [1.82, 2.24) is 0 Å². The smallest absolute Gasteiger partial charge is 0.309 e. The van der Waals surface area contributed by atoms with Crippen molar-refractivity contribution in [3.05, 3.63) is 35.1 Å². The fourth-order valence-corrected chi connectivity index (χ4v) is 1.68. The van der Waals surface area contributed by atoms with Crippen LogP contribution in [-0.2, 0) is 4.79 Å². The second kappa shape index (κ2) is 5.07. The molecule has 0 saturated carbocycles. The number of aliphatic hydroxyl groups excluding tert-OH is 1. The number of halogens is 1. The van der Waals surface area contributed by atoms with E-state index < -0.39 is 23.8 Å². The first-order valence-corrected chi connectivity index (χ1v) is 5.14. The molecule has 0 amide bonds. The molecule has 3 nitrogen and oxygen atoms in total. The van der Waals surface area contributed by atoms with Gasteiger partial charge in [0, 0.05) is 0 Å². The molecule has 16 heavy (non-hydrogen) atoms. The molecule has 0 aromatic heterocycles. The van der Waals surface area contributed by atoms with E-state index in [2.05, 4.69) is 0 Å². The molecule has 1 rings (SSSR count). The van der Waals surface area contributed by atoms with Crippen LogP contribution >= 0.6 is 0 Å². The Kier molecular flexibility index (Phi) is 4.01. The Hall–Kier alpha value is -1.42. The van der Waals surface area contributed by atoms with Crippen LogP contribution in [-0.4, -0.2) is 16.2 Å². The van der Waals surface area contributed by atoms with Gasteiger partial charge in [0.15, 0.2) is 0 Å². The van der Waals surface area contributed by atoms with Crippen molar-refractivity contribution >= 4 is 5.97 Å². The van der Waals surface area contributed by atoms with Crippen molar-refractivity contribution < 1.29 is 19.4 Å². The number of carboxylic acid groups (broad SMARTS) is 1. The summed E-state index contributed by atoms with van der Waals surface area (Å²) in [5, 5.41) is 18.8. The minimum absolute atomic E-state index is 0.298. The van der Waals surface area contributed by atoms with Crippen LogP contribution in [0, 0.1) is 18.7 Å². The van der Waals surface area contributed by atoms with Gasteiger partial charge in [-0.05, 0) is 36.6 Å². The zero-order chi connectivity index (χ0) is 12.3. The standard InChI is InChI=1S/C12H15FO3/c1-3-9(12(15)16)11(14)10-6-8(13)5-4-7(10)2/h4-6,9,11,14H,3H2,1-2H3,(H,15,16). The predicted octanol–water partition coefficient (Wildman–Crippen LogP) is 2.28. The van der Waals surface area contributed by atoms with Crippen LogP contribution in [0.25, 0.3) is 0 Å². The zero-order valence-electron chi connectivity index (χ0n) is 9.27. The number of carbonyl (C=O) groups is 1. The highest BCUT2D eigenvalue weighted by molar-refractivity contribution is 5.71. The molecular weight excluding hydrogens is 211 g/mol. The van der Waals surface area contributed by atoms with Crippen LogP contribution in [0.1, 0.15) is 30.6 Å². The second-order valence-corrected chi connectivity index (χ2v) is 3.80. The highest BCUT2D eigenvalue weighted by Crippen LogP contribution is 2.27. The number of benzene rings is 1. The van der Waals surface area contributed by atoms with Gasteiger partial charge in [0.05, 0.1) is 12.0 Å². The lowest BCUT2D eigenvalue weighted by Crippen LogP contribution is -2.21. The summed E-state index contributed by atoms with van der Waals surface area (Å²) in [7, 11) is 0. The maximum absolute atomic E-state index is 13.0. The lowest BCUT2D eigenvalue weighted by atomic mass is 9.91. The third kappa shape index (κ3) is 2.58. The van der Waals surface area contributed by atoms with Crippen LogP contribution in [0.2, 0.25) is 0 Å². The Morgan fingerprint density at radius 1 is 1.50 bits per heavy atom. The molecule has 0 radical (unpaired) electrons. The van der Waals surface area contributed by atoms with E-state index in [0.717, 1.165) is 0 Å². The molecule has 0 aliphatic carbocycles. The normalized spacial score (nSPS) is 14.5. The third-order valence-corrected chi connectivity index (χ3v) is 2.70. The summed E-state index contributed by atoms with van der Waals surface area (Å²) < 4.78 is 13.0.